The molecule has 2 atom stereocenters. The van der Waals surface area contributed by atoms with Crippen LogP contribution in [0, 0.1) is 5.41 Å². The highest BCUT2D eigenvalue weighted by molar-refractivity contribution is 5.82. The largest absolute Gasteiger partial charge is 0.481 e. The van der Waals surface area contributed by atoms with Crippen LogP contribution in [0.25, 0.3) is 0 Å². The number of ether oxygens (including phenoxy) is 1. The predicted molar refractivity (Wildman–Crippen MR) is 63.5 cm³/mol. The van der Waals surface area contributed by atoms with Gasteiger partial charge in [-0.05, 0) is 5.41 Å². The molecule has 0 fully saturated rings. The second kappa shape index (κ2) is 6.56. The van der Waals surface area contributed by atoms with Gasteiger partial charge in [-0.25, -0.2) is 0 Å². The lowest BCUT2D eigenvalue weighted by molar-refractivity contribution is -0.138. The molecule has 4 N–H and O–H groups in total. The second-order valence-corrected chi connectivity index (χ2v) is 5.09. The first-order valence-electron chi connectivity index (χ1n) is 5.45. The number of nitrogens with two attached hydrogens (primary N) is 1. The minimum Gasteiger partial charge on any atom is -0.481 e. The monoisotopic (exact) mass is 246 g/mol. The number of methoxy groups -OCH3 is 1. The zero-order chi connectivity index (χ0) is 13.6. The van der Waals surface area contributed by atoms with Gasteiger partial charge in [0.05, 0.1) is 13.0 Å². The summed E-state index contributed by atoms with van der Waals surface area (Å²) in [6.07, 6.45) is -0.130. The molecule has 0 aromatic rings. The third kappa shape index (κ3) is 6.23. The first-order valence-corrected chi connectivity index (χ1v) is 5.45. The van der Waals surface area contributed by atoms with Gasteiger partial charge in [0, 0.05) is 13.2 Å². The molecular weight excluding hydrogens is 224 g/mol. The molecule has 6 nitrogen and oxygen atoms in total. The molecule has 1 amide bonds. The van der Waals surface area contributed by atoms with Crippen LogP contribution in [0.4, 0.5) is 0 Å². The molecular formula is C11H22N2O4. The third-order valence-electron chi connectivity index (χ3n) is 2.42. The van der Waals surface area contributed by atoms with Gasteiger partial charge in [0.2, 0.25) is 5.91 Å². The summed E-state index contributed by atoms with van der Waals surface area (Å²) in [4.78, 5) is 22.4. The predicted octanol–water partition coefficient (Wildman–Crippen LogP) is -0.0343. The zero-order valence-electron chi connectivity index (χ0n) is 10.8. The molecule has 0 saturated carbocycles. The highest BCUT2D eigenvalue weighted by Crippen LogP contribution is 2.21. The van der Waals surface area contributed by atoms with Gasteiger partial charge < -0.3 is 20.9 Å². The van der Waals surface area contributed by atoms with Gasteiger partial charge >= 0.3 is 5.97 Å². The maximum atomic E-state index is 11.7. The molecule has 0 aliphatic carbocycles. The number of hydrogen-bond donors (Lipinski definition) is 3. The molecule has 0 aliphatic rings. The number of carbonyl (C=O) groups excluding carboxylic acids is 1. The Balaban J connectivity index is 4.54. The molecule has 0 rings (SSSR count). The van der Waals surface area contributed by atoms with Gasteiger partial charge in [0.15, 0.2) is 0 Å². The summed E-state index contributed by atoms with van der Waals surface area (Å²) >= 11 is 0. The van der Waals surface area contributed by atoms with Crippen LogP contribution in [-0.2, 0) is 14.3 Å². The topological polar surface area (TPSA) is 102 Å². The van der Waals surface area contributed by atoms with E-state index in [0.717, 1.165) is 0 Å². The van der Waals surface area contributed by atoms with E-state index in [1.807, 2.05) is 20.8 Å². The van der Waals surface area contributed by atoms with E-state index in [1.165, 1.54) is 7.11 Å². The highest BCUT2D eigenvalue weighted by Gasteiger charge is 2.29. The van der Waals surface area contributed by atoms with Crippen LogP contribution in [0.2, 0.25) is 0 Å². The standard InChI is InChI=1S/C11H22N2O4/c1-11(2,3)8(5-9(14)15)13-10(16)7(12)6-17-4/h7-8H,5-6,12H2,1-4H3,(H,13,16)(H,14,15). The molecule has 2 unspecified atom stereocenters. The molecule has 0 bridgehead atoms. The van der Waals surface area contributed by atoms with E-state index < -0.39 is 24.0 Å². The number of nitrogens with one attached hydrogen (secondary N) is 1. The Kier molecular flexibility index (Phi) is 6.12. The number of carbonyl (C=O) groups is 2. The number of carboxylic acids is 1. The summed E-state index contributed by atoms with van der Waals surface area (Å²) in [6.45, 7) is 5.70. The van der Waals surface area contributed by atoms with Crippen LogP contribution >= 0.6 is 0 Å². The minimum absolute atomic E-state index is 0.107. The smallest absolute Gasteiger partial charge is 0.305 e. The third-order valence-corrected chi connectivity index (χ3v) is 2.42. The fourth-order valence-corrected chi connectivity index (χ4v) is 1.28. The second-order valence-electron chi connectivity index (χ2n) is 5.09. The van der Waals surface area contributed by atoms with E-state index in [4.69, 9.17) is 15.6 Å². The van der Waals surface area contributed by atoms with E-state index in [2.05, 4.69) is 5.32 Å². The molecule has 0 heterocycles. The van der Waals surface area contributed by atoms with Crippen LogP contribution < -0.4 is 11.1 Å². The van der Waals surface area contributed by atoms with Crippen LogP contribution in [0.15, 0.2) is 0 Å². The molecule has 17 heavy (non-hydrogen) atoms. The van der Waals surface area contributed by atoms with Crippen LogP contribution in [-0.4, -0.2) is 42.8 Å². The van der Waals surface area contributed by atoms with Crippen LogP contribution in [0.1, 0.15) is 27.2 Å². The molecule has 0 aromatic carbocycles. The lowest BCUT2D eigenvalue weighted by Crippen LogP contribution is -2.52. The average Bonchev–Trinajstić information content (AvgIpc) is 2.14. The maximum Gasteiger partial charge on any atom is 0.305 e. The Hall–Kier alpha value is -1.14. The van der Waals surface area contributed by atoms with E-state index in [1.54, 1.807) is 0 Å². The highest BCUT2D eigenvalue weighted by atomic mass is 16.5. The van der Waals surface area contributed by atoms with Gasteiger partial charge in [0.25, 0.3) is 0 Å². The Labute approximate surface area is 102 Å². The summed E-state index contributed by atoms with van der Waals surface area (Å²) in [6, 6.07) is -1.24. The lowest BCUT2D eigenvalue weighted by atomic mass is 9.84. The average molecular weight is 246 g/mol. The molecule has 0 aromatic heterocycles. The van der Waals surface area contributed by atoms with E-state index >= 15 is 0 Å². The summed E-state index contributed by atoms with van der Waals surface area (Å²) in [5.41, 5.74) is 5.22. The lowest BCUT2D eigenvalue weighted by Gasteiger charge is -2.31. The van der Waals surface area contributed by atoms with Crippen molar-refractivity contribution < 1.29 is 19.4 Å². The summed E-state index contributed by atoms with van der Waals surface area (Å²) in [7, 11) is 1.45. The van der Waals surface area contributed by atoms with Gasteiger partial charge in [-0.1, -0.05) is 20.8 Å². The quantitative estimate of drug-likeness (QED) is 0.610. The van der Waals surface area contributed by atoms with Crippen molar-refractivity contribution in [2.45, 2.75) is 39.3 Å². The van der Waals surface area contributed by atoms with Crippen molar-refractivity contribution in [3.05, 3.63) is 0 Å². The summed E-state index contributed by atoms with van der Waals surface area (Å²) in [5, 5.41) is 11.4. The van der Waals surface area contributed by atoms with Crippen LogP contribution in [0.3, 0.4) is 0 Å². The molecule has 6 heteroatoms. The fourth-order valence-electron chi connectivity index (χ4n) is 1.28. The normalized spacial score (nSPS) is 15.1. The molecule has 0 aliphatic heterocycles. The van der Waals surface area contributed by atoms with Crippen molar-refractivity contribution in [2.24, 2.45) is 11.1 Å². The Morgan fingerprint density at radius 3 is 2.29 bits per heavy atom. The Bertz CT molecular complexity index is 273. The maximum absolute atomic E-state index is 11.7. The first kappa shape index (κ1) is 15.9. The summed E-state index contributed by atoms with van der Waals surface area (Å²) in [5.74, 6) is -1.35. The van der Waals surface area contributed by atoms with Crippen molar-refractivity contribution >= 4 is 11.9 Å². The molecule has 0 spiro atoms. The fraction of sp³-hybridized carbons (Fsp3) is 0.818. The number of amides is 1. The van der Waals surface area contributed by atoms with Crippen molar-refractivity contribution in [3.63, 3.8) is 0 Å². The van der Waals surface area contributed by atoms with Crippen molar-refractivity contribution in [1.29, 1.82) is 0 Å². The van der Waals surface area contributed by atoms with E-state index in [9.17, 15) is 9.59 Å². The minimum atomic E-state index is -0.953. The number of rotatable bonds is 6. The Morgan fingerprint density at radius 1 is 1.41 bits per heavy atom. The zero-order valence-corrected chi connectivity index (χ0v) is 10.8. The number of aliphatic carboxylic acids is 1. The van der Waals surface area contributed by atoms with E-state index in [-0.39, 0.29) is 18.4 Å². The SMILES string of the molecule is COCC(N)C(=O)NC(CC(=O)O)C(C)(C)C. The Morgan fingerprint density at radius 2 is 1.94 bits per heavy atom. The van der Waals surface area contributed by atoms with Crippen molar-refractivity contribution in [2.75, 3.05) is 13.7 Å². The van der Waals surface area contributed by atoms with Gasteiger partial charge in [-0.2, -0.15) is 0 Å². The first-order chi connectivity index (χ1) is 7.68. The van der Waals surface area contributed by atoms with Crippen LogP contribution in [0.5, 0.6) is 0 Å². The summed E-state index contributed by atoms with van der Waals surface area (Å²) < 4.78 is 4.77. The van der Waals surface area contributed by atoms with Gasteiger partial charge in [-0.15, -0.1) is 0 Å². The van der Waals surface area contributed by atoms with Crippen molar-refractivity contribution in [3.8, 4) is 0 Å². The molecule has 100 valence electrons. The van der Waals surface area contributed by atoms with Crippen molar-refractivity contribution in [1.82, 2.24) is 5.32 Å². The number of hydrogen-bond acceptors (Lipinski definition) is 4. The van der Waals surface area contributed by atoms with E-state index in [0.29, 0.717) is 0 Å². The molecule has 0 saturated heterocycles. The van der Waals surface area contributed by atoms with Gasteiger partial charge in [-0.3, -0.25) is 9.59 Å². The van der Waals surface area contributed by atoms with Gasteiger partial charge in [0.1, 0.15) is 6.04 Å². The number of carboxylic acid groups (broad SMARTS) is 1. The molecule has 0 radical (unpaired) electrons.